The molecule has 11 heteroatoms. The average molecular weight is 603 g/mol. The molecular weight excluding hydrogens is 576 g/mol. The third-order valence-electron chi connectivity index (χ3n) is 6.03. The summed E-state index contributed by atoms with van der Waals surface area (Å²) in [5, 5.41) is 0. The quantitative estimate of drug-likeness (QED) is 0.363. The van der Waals surface area contributed by atoms with E-state index < -0.39 is 12.0 Å². The molecular formula is C27H27BrN2O7S. The average Bonchev–Trinajstić information content (AvgIpc) is 3.21. The normalized spacial score (nSPS) is 15.0. The van der Waals surface area contributed by atoms with E-state index in [-0.39, 0.29) is 12.2 Å². The van der Waals surface area contributed by atoms with E-state index in [1.54, 1.807) is 45.2 Å². The summed E-state index contributed by atoms with van der Waals surface area (Å²) in [7, 11) is 6.15. The van der Waals surface area contributed by atoms with Crippen molar-refractivity contribution in [3.63, 3.8) is 0 Å². The molecule has 2 aromatic carbocycles. The fourth-order valence-corrected chi connectivity index (χ4v) is 5.93. The van der Waals surface area contributed by atoms with Gasteiger partial charge in [0.05, 0.1) is 61.4 Å². The number of allylic oxidation sites excluding steroid dienone is 1. The van der Waals surface area contributed by atoms with Crippen molar-refractivity contribution in [1.29, 1.82) is 0 Å². The van der Waals surface area contributed by atoms with Crippen LogP contribution < -0.4 is 33.8 Å². The summed E-state index contributed by atoms with van der Waals surface area (Å²) in [6, 6.07) is 8.21. The predicted octanol–water partition coefficient (Wildman–Crippen LogP) is 3.60. The maximum Gasteiger partial charge on any atom is 0.338 e. The molecule has 0 amide bonds. The first-order chi connectivity index (χ1) is 18.3. The highest BCUT2D eigenvalue weighted by atomic mass is 79.9. The van der Waals surface area contributed by atoms with Gasteiger partial charge in [-0.15, -0.1) is 0 Å². The number of halogens is 1. The Hall–Kier alpha value is -3.57. The van der Waals surface area contributed by atoms with Crippen LogP contribution in [0.15, 0.2) is 55.9 Å². The highest BCUT2D eigenvalue weighted by molar-refractivity contribution is 9.10. The van der Waals surface area contributed by atoms with E-state index in [0.717, 1.165) is 0 Å². The molecule has 2 heterocycles. The first-order valence-electron chi connectivity index (χ1n) is 11.6. The molecule has 0 radical (unpaired) electrons. The zero-order valence-corrected chi connectivity index (χ0v) is 24.2. The molecule has 9 nitrogen and oxygen atoms in total. The summed E-state index contributed by atoms with van der Waals surface area (Å²) in [4.78, 5) is 32.1. The molecule has 1 aromatic heterocycles. The van der Waals surface area contributed by atoms with E-state index in [1.165, 1.54) is 37.2 Å². The summed E-state index contributed by atoms with van der Waals surface area (Å²) >= 11 is 4.74. The zero-order chi connectivity index (χ0) is 27.6. The second-order valence-electron chi connectivity index (χ2n) is 8.12. The summed E-state index contributed by atoms with van der Waals surface area (Å²) in [5.74, 6) is 1.44. The van der Waals surface area contributed by atoms with E-state index >= 15 is 0 Å². The monoisotopic (exact) mass is 602 g/mol. The van der Waals surface area contributed by atoms with E-state index in [4.69, 9.17) is 23.7 Å². The highest BCUT2D eigenvalue weighted by Crippen LogP contribution is 2.40. The van der Waals surface area contributed by atoms with E-state index in [0.29, 0.717) is 59.2 Å². The lowest BCUT2D eigenvalue weighted by Gasteiger charge is -2.25. The lowest BCUT2D eigenvalue weighted by atomic mass is 9.96. The first-order valence-corrected chi connectivity index (χ1v) is 13.2. The molecule has 200 valence electrons. The molecule has 0 saturated heterocycles. The van der Waals surface area contributed by atoms with Crippen LogP contribution in [0.4, 0.5) is 0 Å². The van der Waals surface area contributed by atoms with Gasteiger partial charge in [0.1, 0.15) is 5.75 Å². The minimum absolute atomic E-state index is 0.193. The van der Waals surface area contributed by atoms with Crippen molar-refractivity contribution in [2.45, 2.75) is 19.9 Å². The smallest absolute Gasteiger partial charge is 0.338 e. The number of ether oxygens (including phenoxy) is 5. The van der Waals surface area contributed by atoms with Crippen LogP contribution in [0.25, 0.3) is 6.08 Å². The van der Waals surface area contributed by atoms with Crippen LogP contribution in [0, 0.1) is 0 Å². The van der Waals surface area contributed by atoms with Crippen molar-refractivity contribution < 1.29 is 28.5 Å². The lowest BCUT2D eigenvalue weighted by Crippen LogP contribution is -2.40. The Labute approximate surface area is 231 Å². The van der Waals surface area contributed by atoms with Crippen molar-refractivity contribution in [3.8, 4) is 23.0 Å². The van der Waals surface area contributed by atoms with Crippen molar-refractivity contribution in [2.75, 3.05) is 35.0 Å². The Morgan fingerprint density at radius 2 is 1.74 bits per heavy atom. The standard InChI is InChI=1S/C27H27BrN2O7S/c1-7-37-26(32)21-14(2)29-27-30(22(21)15-8-10-18(33-3)17(28)12-15)25(31)20(38-27)13-16-9-11-19(34-4)24(36-6)23(16)35-5/h8-13,22H,7H2,1-6H3/b20-13+/t22-/m1/s1. The first kappa shape index (κ1) is 27.5. The Morgan fingerprint density at radius 1 is 1.05 bits per heavy atom. The maximum absolute atomic E-state index is 13.9. The van der Waals surface area contributed by atoms with Crippen LogP contribution in [0.1, 0.15) is 31.0 Å². The number of hydrogen-bond acceptors (Lipinski definition) is 9. The van der Waals surface area contributed by atoms with Gasteiger partial charge in [0.2, 0.25) is 5.75 Å². The predicted molar refractivity (Wildman–Crippen MR) is 147 cm³/mol. The number of thiazole rings is 1. The summed E-state index contributed by atoms with van der Waals surface area (Å²) < 4.78 is 29.8. The lowest BCUT2D eigenvalue weighted by molar-refractivity contribution is -0.139. The van der Waals surface area contributed by atoms with Gasteiger partial charge in [-0.25, -0.2) is 9.79 Å². The van der Waals surface area contributed by atoms with E-state index in [2.05, 4.69) is 20.9 Å². The topological polar surface area (TPSA) is 97.6 Å². The molecule has 0 aliphatic carbocycles. The van der Waals surface area contributed by atoms with Gasteiger partial charge in [-0.1, -0.05) is 17.4 Å². The van der Waals surface area contributed by atoms with Gasteiger partial charge >= 0.3 is 5.97 Å². The Morgan fingerprint density at radius 3 is 2.34 bits per heavy atom. The molecule has 0 fully saturated rings. The number of hydrogen-bond donors (Lipinski definition) is 0. The maximum atomic E-state index is 13.9. The molecule has 0 N–H and O–H groups in total. The minimum Gasteiger partial charge on any atom is -0.496 e. The molecule has 38 heavy (non-hydrogen) atoms. The number of methoxy groups -OCH3 is 4. The van der Waals surface area contributed by atoms with Crippen LogP contribution >= 0.6 is 27.3 Å². The molecule has 0 unspecified atom stereocenters. The second-order valence-corrected chi connectivity index (χ2v) is 9.98. The van der Waals surface area contributed by atoms with Gasteiger partial charge in [-0.2, -0.15) is 0 Å². The molecule has 1 aliphatic rings. The molecule has 0 saturated carbocycles. The number of nitrogens with zero attached hydrogens (tertiary/aromatic N) is 2. The summed E-state index contributed by atoms with van der Waals surface area (Å²) in [6.45, 7) is 3.67. The van der Waals surface area contributed by atoms with Gasteiger partial charge in [0.15, 0.2) is 16.3 Å². The highest BCUT2D eigenvalue weighted by Gasteiger charge is 2.33. The van der Waals surface area contributed by atoms with Gasteiger partial charge < -0.3 is 23.7 Å². The van der Waals surface area contributed by atoms with Crippen LogP contribution in [-0.4, -0.2) is 45.6 Å². The van der Waals surface area contributed by atoms with Crippen molar-refractivity contribution in [1.82, 2.24) is 4.57 Å². The van der Waals surface area contributed by atoms with Gasteiger partial charge in [0, 0.05) is 5.56 Å². The van der Waals surface area contributed by atoms with Crippen LogP contribution in [0.3, 0.4) is 0 Å². The minimum atomic E-state index is -0.748. The molecule has 0 spiro atoms. The number of carbonyl (C=O) groups excluding carboxylic acids is 1. The van der Waals surface area contributed by atoms with Crippen molar-refractivity contribution >= 4 is 39.3 Å². The Balaban J connectivity index is 1.98. The molecule has 4 rings (SSSR count). The molecule has 1 atom stereocenters. The van der Waals surface area contributed by atoms with Crippen molar-refractivity contribution in [2.24, 2.45) is 4.99 Å². The summed E-state index contributed by atoms with van der Waals surface area (Å²) in [5.41, 5.74) is 1.80. The molecule has 1 aliphatic heterocycles. The largest absolute Gasteiger partial charge is 0.496 e. The zero-order valence-electron chi connectivity index (χ0n) is 21.8. The summed E-state index contributed by atoms with van der Waals surface area (Å²) in [6.07, 6.45) is 1.72. The Kier molecular flexibility index (Phi) is 8.27. The third kappa shape index (κ3) is 4.83. The number of esters is 1. The number of rotatable bonds is 8. The van der Waals surface area contributed by atoms with Crippen LogP contribution in [0.2, 0.25) is 0 Å². The third-order valence-corrected chi connectivity index (χ3v) is 7.63. The van der Waals surface area contributed by atoms with E-state index in [1.807, 2.05) is 12.1 Å². The van der Waals surface area contributed by atoms with Crippen LogP contribution in [0.5, 0.6) is 23.0 Å². The fraction of sp³-hybridized carbons (Fsp3) is 0.296. The molecule has 0 bridgehead atoms. The van der Waals surface area contributed by atoms with Gasteiger partial charge in [-0.3, -0.25) is 9.36 Å². The van der Waals surface area contributed by atoms with Crippen molar-refractivity contribution in [3.05, 3.63) is 76.9 Å². The van der Waals surface area contributed by atoms with Gasteiger partial charge in [0.25, 0.3) is 5.56 Å². The molecule has 3 aromatic rings. The van der Waals surface area contributed by atoms with Gasteiger partial charge in [-0.05, 0) is 65.7 Å². The Bertz CT molecular complexity index is 1610. The fourth-order valence-electron chi connectivity index (χ4n) is 4.34. The number of carbonyl (C=O) groups is 1. The number of fused-ring (bicyclic) bond motifs is 1. The second kappa shape index (κ2) is 11.4. The number of aromatic nitrogens is 1. The SMILES string of the molecule is CCOC(=O)C1=C(C)N=c2s/c(=C/c3ccc(OC)c(OC)c3OC)c(=O)n2[C@@H]1c1ccc(OC)c(Br)c1. The van der Waals surface area contributed by atoms with E-state index in [9.17, 15) is 9.59 Å². The van der Waals surface area contributed by atoms with Crippen LogP contribution in [-0.2, 0) is 9.53 Å². The number of benzene rings is 2.